The van der Waals surface area contributed by atoms with Crippen molar-refractivity contribution in [2.24, 2.45) is 0 Å². The summed E-state index contributed by atoms with van der Waals surface area (Å²) in [6, 6.07) is 14.5. The number of ether oxygens (including phenoxy) is 2. The van der Waals surface area contributed by atoms with Gasteiger partial charge in [-0.25, -0.2) is 8.42 Å². The van der Waals surface area contributed by atoms with E-state index in [0.29, 0.717) is 22.9 Å². The summed E-state index contributed by atoms with van der Waals surface area (Å²) in [4.78, 5) is 17.0. The fraction of sp³-hybridized carbons (Fsp3) is 0.0952. The van der Waals surface area contributed by atoms with E-state index in [9.17, 15) is 13.2 Å². The fourth-order valence-corrected chi connectivity index (χ4v) is 4.99. The average molecular weight is 486 g/mol. The summed E-state index contributed by atoms with van der Waals surface area (Å²) in [5.74, 6) is 1.09. The molecule has 0 bridgehead atoms. The molecule has 0 aliphatic heterocycles. The van der Waals surface area contributed by atoms with Crippen molar-refractivity contribution >= 4 is 38.9 Å². The van der Waals surface area contributed by atoms with Crippen molar-refractivity contribution in [3.05, 3.63) is 65.5 Å². The van der Waals surface area contributed by atoms with Gasteiger partial charge < -0.3 is 9.47 Å². The molecule has 1 amide bonds. The van der Waals surface area contributed by atoms with Crippen LogP contribution in [-0.2, 0) is 10.0 Å². The van der Waals surface area contributed by atoms with Gasteiger partial charge in [0.15, 0.2) is 5.82 Å². The Hall–Kier alpha value is -3.90. The number of aromatic amines is 1. The van der Waals surface area contributed by atoms with Crippen LogP contribution in [0.2, 0.25) is 0 Å². The predicted molar refractivity (Wildman–Crippen MR) is 124 cm³/mol. The SMILES string of the molecule is COc1ccc(-c2nc(NC(=O)c3cccc(NS(=O)(=O)c4cccs4)c3)n[nH]2)c(OC)c1. The van der Waals surface area contributed by atoms with E-state index in [1.807, 2.05) is 0 Å². The van der Waals surface area contributed by atoms with Crippen LogP contribution < -0.4 is 19.5 Å². The van der Waals surface area contributed by atoms with Crippen molar-refractivity contribution in [3.8, 4) is 22.9 Å². The molecule has 0 aliphatic rings. The van der Waals surface area contributed by atoms with Gasteiger partial charge in [-0.2, -0.15) is 4.98 Å². The predicted octanol–water partition coefficient (Wildman–Crippen LogP) is 3.60. The highest BCUT2D eigenvalue weighted by Gasteiger charge is 2.17. The molecule has 2 aromatic heterocycles. The van der Waals surface area contributed by atoms with E-state index in [4.69, 9.17) is 9.47 Å². The molecule has 0 saturated heterocycles. The van der Waals surface area contributed by atoms with Crippen LogP contribution in [0.25, 0.3) is 11.4 Å². The molecule has 2 heterocycles. The van der Waals surface area contributed by atoms with Gasteiger partial charge in [-0.05, 0) is 41.8 Å². The summed E-state index contributed by atoms with van der Waals surface area (Å²) in [5.41, 5.74) is 1.13. The lowest BCUT2D eigenvalue weighted by molar-refractivity contribution is 0.102. The van der Waals surface area contributed by atoms with Crippen molar-refractivity contribution in [2.75, 3.05) is 24.3 Å². The third-order valence-corrected chi connectivity index (χ3v) is 7.29. The Balaban J connectivity index is 1.50. The van der Waals surface area contributed by atoms with Gasteiger partial charge in [0.05, 0.1) is 19.8 Å². The lowest BCUT2D eigenvalue weighted by Gasteiger charge is -2.08. The first-order valence-electron chi connectivity index (χ1n) is 9.52. The summed E-state index contributed by atoms with van der Waals surface area (Å²) in [7, 11) is -0.645. The topological polar surface area (TPSA) is 135 Å². The lowest BCUT2D eigenvalue weighted by Crippen LogP contribution is -2.15. The molecule has 4 aromatic rings. The molecular formula is C21H19N5O5S2. The Morgan fingerprint density at radius 1 is 1.06 bits per heavy atom. The molecular weight excluding hydrogens is 466 g/mol. The molecule has 4 rings (SSSR count). The van der Waals surface area contributed by atoms with E-state index in [1.165, 1.54) is 19.2 Å². The highest BCUT2D eigenvalue weighted by Crippen LogP contribution is 2.31. The molecule has 0 atom stereocenters. The first kappa shape index (κ1) is 22.3. The minimum absolute atomic E-state index is 0.0532. The van der Waals surface area contributed by atoms with Crippen molar-refractivity contribution in [2.45, 2.75) is 4.21 Å². The number of rotatable bonds is 8. The van der Waals surface area contributed by atoms with Gasteiger partial charge in [-0.1, -0.05) is 12.1 Å². The van der Waals surface area contributed by atoms with Gasteiger partial charge in [0.2, 0.25) is 5.95 Å². The molecule has 0 unspecified atom stereocenters. The maximum absolute atomic E-state index is 12.7. The van der Waals surface area contributed by atoms with Crippen molar-refractivity contribution in [1.82, 2.24) is 15.2 Å². The molecule has 2 aromatic carbocycles. The number of sulfonamides is 1. The Bertz CT molecular complexity index is 1380. The highest BCUT2D eigenvalue weighted by atomic mass is 32.2. The lowest BCUT2D eigenvalue weighted by atomic mass is 10.2. The van der Waals surface area contributed by atoms with Gasteiger partial charge in [0, 0.05) is 17.3 Å². The average Bonchev–Trinajstić information content (AvgIpc) is 3.51. The monoisotopic (exact) mass is 485 g/mol. The van der Waals surface area contributed by atoms with E-state index in [-0.39, 0.29) is 21.4 Å². The van der Waals surface area contributed by atoms with Crippen LogP contribution >= 0.6 is 11.3 Å². The molecule has 10 nitrogen and oxygen atoms in total. The van der Waals surface area contributed by atoms with Crippen LogP contribution in [0.15, 0.2) is 64.2 Å². The van der Waals surface area contributed by atoms with E-state index in [1.54, 1.807) is 55.0 Å². The molecule has 33 heavy (non-hydrogen) atoms. The van der Waals surface area contributed by atoms with Crippen LogP contribution in [-0.4, -0.2) is 43.7 Å². The number of carbonyl (C=O) groups excluding carboxylic acids is 1. The highest BCUT2D eigenvalue weighted by molar-refractivity contribution is 7.94. The molecule has 0 aliphatic carbocycles. The maximum atomic E-state index is 12.7. The van der Waals surface area contributed by atoms with Gasteiger partial charge in [-0.3, -0.25) is 19.9 Å². The molecule has 0 fully saturated rings. The van der Waals surface area contributed by atoms with E-state index in [2.05, 4.69) is 25.2 Å². The second kappa shape index (κ2) is 9.30. The summed E-state index contributed by atoms with van der Waals surface area (Å²) in [5, 5.41) is 11.1. The van der Waals surface area contributed by atoms with E-state index < -0.39 is 15.9 Å². The van der Waals surface area contributed by atoms with Gasteiger partial charge >= 0.3 is 0 Å². The standard InChI is InChI=1S/C21H19N5O5S2/c1-30-15-8-9-16(17(12-15)31-2)19-22-21(25-24-19)23-20(27)13-5-3-6-14(11-13)26-33(28,29)18-7-4-10-32-18/h3-12,26H,1-2H3,(H2,22,23,24,25,27). The maximum Gasteiger partial charge on any atom is 0.271 e. The van der Waals surface area contributed by atoms with Crippen molar-refractivity contribution < 1.29 is 22.7 Å². The first-order chi connectivity index (χ1) is 15.9. The third-order valence-electron chi connectivity index (χ3n) is 4.51. The van der Waals surface area contributed by atoms with E-state index in [0.717, 1.165) is 11.3 Å². The van der Waals surface area contributed by atoms with E-state index >= 15 is 0 Å². The molecule has 0 radical (unpaired) electrons. The Kier molecular flexibility index (Phi) is 6.29. The summed E-state index contributed by atoms with van der Waals surface area (Å²) >= 11 is 1.10. The van der Waals surface area contributed by atoms with Gasteiger partial charge in [0.1, 0.15) is 15.7 Å². The number of nitrogens with one attached hydrogen (secondary N) is 3. The minimum atomic E-state index is -3.72. The number of thiophene rings is 1. The zero-order chi connectivity index (χ0) is 23.4. The Labute approximate surface area is 193 Å². The smallest absolute Gasteiger partial charge is 0.271 e. The molecule has 0 saturated carbocycles. The zero-order valence-electron chi connectivity index (χ0n) is 17.5. The van der Waals surface area contributed by atoms with Gasteiger partial charge in [0.25, 0.3) is 15.9 Å². The molecule has 3 N–H and O–H groups in total. The van der Waals surface area contributed by atoms with Crippen molar-refractivity contribution in [1.29, 1.82) is 0 Å². The number of H-pyrrole nitrogens is 1. The first-order valence-corrected chi connectivity index (χ1v) is 11.9. The molecule has 12 heteroatoms. The Morgan fingerprint density at radius 3 is 2.64 bits per heavy atom. The number of anilines is 2. The number of amides is 1. The van der Waals surface area contributed by atoms with Gasteiger partial charge in [-0.15, -0.1) is 16.4 Å². The molecule has 170 valence electrons. The minimum Gasteiger partial charge on any atom is -0.497 e. The second-order valence-corrected chi connectivity index (χ2v) is 9.50. The Morgan fingerprint density at radius 2 is 1.91 bits per heavy atom. The summed E-state index contributed by atoms with van der Waals surface area (Å²) < 4.78 is 38.1. The number of hydrogen-bond acceptors (Lipinski definition) is 8. The number of benzene rings is 2. The second-order valence-electron chi connectivity index (χ2n) is 6.65. The van der Waals surface area contributed by atoms with Crippen LogP contribution in [0.5, 0.6) is 11.5 Å². The summed E-state index contributed by atoms with van der Waals surface area (Å²) in [6.45, 7) is 0. The third kappa shape index (κ3) is 4.96. The normalized spacial score (nSPS) is 11.1. The van der Waals surface area contributed by atoms with Crippen LogP contribution in [0.3, 0.4) is 0 Å². The number of nitrogens with zero attached hydrogens (tertiary/aromatic N) is 2. The van der Waals surface area contributed by atoms with Crippen LogP contribution in [0.4, 0.5) is 11.6 Å². The number of methoxy groups -OCH3 is 2. The number of carbonyl (C=O) groups is 1. The molecule has 0 spiro atoms. The van der Waals surface area contributed by atoms with Crippen LogP contribution in [0, 0.1) is 0 Å². The van der Waals surface area contributed by atoms with Crippen molar-refractivity contribution in [3.63, 3.8) is 0 Å². The number of hydrogen-bond donors (Lipinski definition) is 3. The quantitative estimate of drug-likeness (QED) is 0.347. The fourth-order valence-electron chi connectivity index (χ4n) is 2.95. The largest absolute Gasteiger partial charge is 0.497 e. The zero-order valence-corrected chi connectivity index (χ0v) is 19.2. The van der Waals surface area contributed by atoms with Crippen LogP contribution in [0.1, 0.15) is 10.4 Å². The number of aromatic nitrogens is 3. The summed E-state index contributed by atoms with van der Waals surface area (Å²) in [6.07, 6.45) is 0.